The van der Waals surface area contributed by atoms with Gasteiger partial charge in [0.05, 0.1) is 5.39 Å². The molecule has 0 aliphatic rings. The van der Waals surface area contributed by atoms with Crippen molar-refractivity contribution in [2.75, 3.05) is 0 Å². The van der Waals surface area contributed by atoms with Gasteiger partial charge in [-0.1, -0.05) is 18.2 Å². The van der Waals surface area contributed by atoms with Crippen LogP contribution in [0.4, 0.5) is 4.39 Å². The second-order valence-corrected chi connectivity index (χ2v) is 7.58. The summed E-state index contributed by atoms with van der Waals surface area (Å²) in [6.45, 7) is 8.12. The lowest BCUT2D eigenvalue weighted by Crippen LogP contribution is -2.28. The number of rotatable bonds is 5. The van der Waals surface area contributed by atoms with Gasteiger partial charge in [-0.3, -0.25) is 4.79 Å². The Balaban J connectivity index is 1.69. The quantitative estimate of drug-likeness (QED) is 0.548. The summed E-state index contributed by atoms with van der Waals surface area (Å²) in [5, 5.41) is 8.45. The summed E-state index contributed by atoms with van der Waals surface area (Å²) >= 11 is 0. The van der Waals surface area contributed by atoms with Crippen LogP contribution in [0.3, 0.4) is 0 Å². The van der Waals surface area contributed by atoms with Gasteiger partial charge in [0.2, 0.25) is 5.91 Å². The molecule has 4 aromatic rings. The number of carbonyl (C=O) groups is 1. The molecule has 0 bridgehead atoms. The van der Waals surface area contributed by atoms with Crippen LogP contribution in [0.25, 0.3) is 16.9 Å². The van der Waals surface area contributed by atoms with E-state index >= 15 is 0 Å². The number of benzene rings is 1. The summed E-state index contributed by atoms with van der Waals surface area (Å²) in [4.78, 5) is 17.3. The first kappa shape index (κ1) is 19.8. The van der Waals surface area contributed by atoms with Gasteiger partial charge in [0.25, 0.3) is 0 Å². The zero-order chi connectivity index (χ0) is 21.4. The summed E-state index contributed by atoms with van der Waals surface area (Å²) in [6, 6.07) is 12.5. The molecule has 154 valence electrons. The number of nitrogens with one attached hydrogen (secondary N) is 1. The lowest BCUT2D eigenvalue weighted by molar-refractivity contribution is -0.121. The molecular weight excluding hydrogens is 381 g/mol. The highest BCUT2D eigenvalue weighted by atomic mass is 19.1. The summed E-state index contributed by atoms with van der Waals surface area (Å²) in [6.07, 6.45) is 0. The standard InChI is InChI=1S/C23H24FN5O/c1-14-11-15(2)26-22-21(14)23(29-16(3)9-10-17(29)4)27-28(22)13-20(30)25-12-18-7-5-6-8-19(18)24/h5-11H,12-13H2,1-4H3,(H,25,30). The first-order valence-corrected chi connectivity index (χ1v) is 9.85. The average Bonchev–Trinajstić information content (AvgIpc) is 3.20. The Morgan fingerprint density at radius 2 is 1.77 bits per heavy atom. The van der Waals surface area contributed by atoms with Gasteiger partial charge in [0, 0.05) is 29.2 Å². The number of carbonyl (C=O) groups excluding carboxylic acids is 1. The number of aryl methyl sites for hydroxylation is 4. The zero-order valence-corrected chi connectivity index (χ0v) is 17.5. The monoisotopic (exact) mass is 405 g/mol. The Bertz CT molecular complexity index is 1230. The molecule has 0 aliphatic carbocycles. The van der Waals surface area contributed by atoms with E-state index in [1.165, 1.54) is 6.07 Å². The molecule has 7 heteroatoms. The summed E-state index contributed by atoms with van der Waals surface area (Å²) in [5.41, 5.74) is 5.14. The molecule has 1 N–H and O–H groups in total. The number of fused-ring (bicyclic) bond motifs is 1. The maximum atomic E-state index is 13.8. The van der Waals surface area contributed by atoms with E-state index in [2.05, 4.69) is 14.9 Å². The molecule has 3 heterocycles. The number of aromatic nitrogens is 4. The predicted molar refractivity (Wildman–Crippen MR) is 114 cm³/mol. The van der Waals surface area contributed by atoms with E-state index in [1.807, 2.05) is 45.9 Å². The molecule has 1 aromatic carbocycles. The first-order chi connectivity index (χ1) is 14.3. The van der Waals surface area contributed by atoms with Gasteiger partial charge in [0.1, 0.15) is 12.4 Å². The Kier molecular flexibility index (Phi) is 5.11. The largest absolute Gasteiger partial charge is 0.350 e. The van der Waals surface area contributed by atoms with Gasteiger partial charge in [-0.25, -0.2) is 14.1 Å². The number of nitrogens with zero attached hydrogens (tertiary/aromatic N) is 4. The van der Waals surface area contributed by atoms with Crippen LogP contribution in [0.2, 0.25) is 0 Å². The van der Waals surface area contributed by atoms with Crippen molar-refractivity contribution in [1.29, 1.82) is 0 Å². The Hall–Kier alpha value is -3.48. The van der Waals surface area contributed by atoms with Gasteiger partial charge < -0.3 is 9.88 Å². The topological polar surface area (TPSA) is 64.7 Å². The van der Waals surface area contributed by atoms with E-state index in [-0.39, 0.29) is 24.8 Å². The zero-order valence-electron chi connectivity index (χ0n) is 17.5. The van der Waals surface area contributed by atoms with Crippen LogP contribution in [0.1, 0.15) is 28.2 Å². The number of hydrogen-bond acceptors (Lipinski definition) is 3. The minimum Gasteiger partial charge on any atom is -0.350 e. The molecule has 0 radical (unpaired) electrons. The highest BCUT2D eigenvalue weighted by molar-refractivity contribution is 5.88. The Labute approximate surface area is 174 Å². The van der Waals surface area contributed by atoms with Crippen molar-refractivity contribution < 1.29 is 9.18 Å². The van der Waals surface area contributed by atoms with Gasteiger partial charge in [0.15, 0.2) is 11.5 Å². The lowest BCUT2D eigenvalue weighted by Gasteiger charge is -2.07. The fourth-order valence-electron chi connectivity index (χ4n) is 3.79. The molecule has 3 aromatic heterocycles. The fraction of sp³-hybridized carbons (Fsp3) is 0.261. The van der Waals surface area contributed by atoms with Crippen molar-refractivity contribution in [3.63, 3.8) is 0 Å². The average molecular weight is 405 g/mol. The third-order valence-electron chi connectivity index (χ3n) is 5.22. The Morgan fingerprint density at radius 1 is 1.07 bits per heavy atom. The van der Waals surface area contributed by atoms with Crippen LogP contribution in [-0.4, -0.2) is 25.2 Å². The molecule has 6 nitrogen and oxygen atoms in total. The third-order valence-corrected chi connectivity index (χ3v) is 5.22. The van der Waals surface area contributed by atoms with Crippen molar-refractivity contribution in [2.24, 2.45) is 0 Å². The highest BCUT2D eigenvalue weighted by Crippen LogP contribution is 2.27. The van der Waals surface area contributed by atoms with E-state index in [1.54, 1.807) is 22.9 Å². The van der Waals surface area contributed by atoms with Crippen molar-refractivity contribution in [2.45, 2.75) is 40.8 Å². The second-order valence-electron chi connectivity index (χ2n) is 7.58. The van der Waals surface area contributed by atoms with E-state index in [0.717, 1.165) is 33.8 Å². The fourth-order valence-corrected chi connectivity index (χ4v) is 3.79. The minimum atomic E-state index is -0.337. The van der Waals surface area contributed by atoms with Crippen molar-refractivity contribution in [1.82, 2.24) is 24.6 Å². The van der Waals surface area contributed by atoms with Crippen LogP contribution in [0, 0.1) is 33.5 Å². The van der Waals surface area contributed by atoms with Gasteiger partial charge >= 0.3 is 0 Å². The molecule has 1 amide bonds. The molecule has 30 heavy (non-hydrogen) atoms. The summed E-state index contributed by atoms with van der Waals surface area (Å²) in [5.74, 6) is 0.170. The molecule has 0 spiro atoms. The number of hydrogen-bond donors (Lipinski definition) is 1. The van der Waals surface area contributed by atoms with Gasteiger partial charge in [-0.2, -0.15) is 5.10 Å². The van der Waals surface area contributed by atoms with Crippen molar-refractivity contribution >= 4 is 16.9 Å². The molecule has 0 atom stereocenters. The van der Waals surface area contributed by atoms with Gasteiger partial charge in [-0.05, 0) is 57.5 Å². The summed E-state index contributed by atoms with van der Waals surface area (Å²) < 4.78 is 17.5. The highest BCUT2D eigenvalue weighted by Gasteiger charge is 2.20. The van der Waals surface area contributed by atoms with Crippen LogP contribution in [-0.2, 0) is 17.9 Å². The normalized spacial score (nSPS) is 11.2. The lowest BCUT2D eigenvalue weighted by atomic mass is 10.1. The summed E-state index contributed by atoms with van der Waals surface area (Å²) in [7, 11) is 0. The van der Waals surface area contributed by atoms with Crippen molar-refractivity contribution in [3.05, 3.63) is 76.5 Å². The van der Waals surface area contributed by atoms with E-state index in [4.69, 9.17) is 5.10 Å². The third kappa shape index (κ3) is 3.58. The SMILES string of the molecule is Cc1cc(C)c2c(-n3c(C)ccc3C)nn(CC(=O)NCc3ccccc3F)c2n1. The number of amides is 1. The second kappa shape index (κ2) is 7.74. The number of halogens is 1. The maximum absolute atomic E-state index is 13.8. The number of pyridine rings is 1. The van der Waals surface area contributed by atoms with Gasteiger partial charge in [-0.15, -0.1) is 0 Å². The molecule has 0 saturated carbocycles. The van der Waals surface area contributed by atoms with Crippen LogP contribution in [0.5, 0.6) is 0 Å². The van der Waals surface area contributed by atoms with Crippen LogP contribution >= 0.6 is 0 Å². The van der Waals surface area contributed by atoms with Crippen LogP contribution in [0.15, 0.2) is 42.5 Å². The van der Waals surface area contributed by atoms with E-state index in [0.29, 0.717) is 11.2 Å². The smallest absolute Gasteiger partial charge is 0.242 e. The molecular formula is C23H24FN5O. The van der Waals surface area contributed by atoms with Crippen molar-refractivity contribution in [3.8, 4) is 5.82 Å². The minimum absolute atomic E-state index is 0.000208. The van der Waals surface area contributed by atoms with Crippen LogP contribution < -0.4 is 5.32 Å². The van der Waals surface area contributed by atoms with E-state index in [9.17, 15) is 9.18 Å². The molecule has 0 fully saturated rings. The molecule has 4 rings (SSSR count). The molecule has 0 saturated heterocycles. The van der Waals surface area contributed by atoms with E-state index < -0.39 is 0 Å². The Morgan fingerprint density at radius 3 is 2.47 bits per heavy atom. The molecule has 0 unspecified atom stereocenters. The molecule has 0 aliphatic heterocycles. The first-order valence-electron chi connectivity index (χ1n) is 9.85. The predicted octanol–water partition coefficient (Wildman–Crippen LogP) is 3.91. The maximum Gasteiger partial charge on any atom is 0.242 e.